The molecule has 0 unspecified atom stereocenters. The largest absolute Gasteiger partial charge is 0.497 e. The van der Waals surface area contributed by atoms with Gasteiger partial charge in [-0.1, -0.05) is 23.7 Å². The number of halogens is 1. The SMILES string of the molecule is COc1ccc(OCC(=O)N/N=C\c2ccc(OCC(=O)Nc3ccccc3Cl)cc2)cc1. The summed E-state index contributed by atoms with van der Waals surface area (Å²) in [5.41, 5.74) is 3.65. The number of ether oxygens (including phenoxy) is 3. The maximum Gasteiger partial charge on any atom is 0.277 e. The van der Waals surface area contributed by atoms with E-state index in [0.29, 0.717) is 28.0 Å². The molecule has 2 amide bonds. The number of hydrazone groups is 1. The van der Waals surface area contributed by atoms with Crippen molar-refractivity contribution in [2.75, 3.05) is 25.6 Å². The number of anilines is 1. The van der Waals surface area contributed by atoms with Gasteiger partial charge in [-0.2, -0.15) is 5.10 Å². The van der Waals surface area contributed by atoms with Crippen molar-refractivity contribution in [3.63, 3.8) is 0 Å². The second-order valence-electron chi connectivity index (χ2n) is 6.64. The van der Waals surface area contributed by atoms with Gasteiger partial charge in [0.05, 0.1) is 24.0 Å². The van der Waals surface area contributed by atoms with E-state index < -0.39 is 5.91 Å². The zero-order valence-corrected chi connectivity index (χ0v) is 18.5. The number of nitrogens with zero attached hydrogens (tertiary/aromatic N) is 1. The van der Waals surface area contributed by atoms with Gasteiger partial charge in [-0.3, -0.25) is 9.59 Å². The molecular formula is C24H22ClN3O5. The van der Waals surface area contributed by atoms with Crippen LogP contribution in [-0.4, -0.2) is 38.4 Å². The molecule has 0 saturated carbocycles. The Morgan fingerprint density at radius 2 is 1.42 bits per heavy atom. The van der Waals surface area contributed by atoms with Crippen molar-refractivity contribution in [3.05, 3.63) is 83.4 Å². The lowest BCUT2D eigenvalue weighted by Gasteiger charge is -2.08. The third kappa shape index (κ3) is 7.86. The van der Waals surface area contributed by atoms with E-state index in [1.54, 1.807) is 79.9 Å². The summed E-state index contributed by atoms with van der Waals surface area (Å²) in [4.78, 5) is 23.9. The monoisotopic (exact) mass is 467 g/mol. The minimum absolute atomic E-state index is 0.164. The molecule has 0 spiro atoms. The fraction of sp³-hybridized carbons (Fsp3) is 0.125. The molecule has 170 valence electrons. The van der Waals surface area contributed by atoms with Crippen LogP contribution < -0.4 is 25.0 Å². The van der Waals surface area contributed by atoms with Crippen molar-refractivity contribution in [3.8, 4) is 17.2 Å². The quantitative estimate of drug-likeness (QED) is 0.348. The van der Waals surface area contributed by atoms with Crippen LogP contribution in [0.15, 0.2) is 77.9 Å². The maximum atomic E-state index is 12.0. The molecule has 0 aliphatic heterocycles. The van der Waals surface area contributed by atoms with Gasteiger partial charge in [0.15, 0.2) is 13.2 Å². The minimum atomic E-state index is -0.397. The molecule has 3 aromatic carbocycles. The average molecular weight is 468 g/mol. The van der Waals surface area contributed by atoms with Gasteiger partial charge in [0.1, 0.15) is 17.2 Å². The molecule has 9 heteroatoms. The number of rotatable bonds is 10. The fourth-order valence-corrected chi connectivity index (χ4v) is 2.76. The van der Waals surface area contributed by atoms with Gasteiger partial charge in [-0.15, -0.1) is 0 Å². The van der Waals surface area contributed by atoms with E-state index in [4.69, 9.17) is 25.8 Å². The summed E-state index contributed by atoms with van der Waals surface area (Å²) < 4.78 is 15.9. The third-order valence-electron chi connectivity index (χ3n) is 4.23. The molecule has 0 bridgehead atoms. The standard InChI is InChI=1S/C24H22ClN3O5/c1-31-18-10-12-20(13-11-18)33-16-24(30)28-26-14-17-6-8-19(9-7-17)32-15-23(29)27-22-5-3-2-4-21(22)25/h2-14H,15-16H2,1H3,(H,27,29)(H,28,30)/b26-14-. The van der Waals surface area contributed by atoms with E-state index in [1.807, 2.05) is 0 Å². The average Bonchev–Trinajstić information content (AvgIpc) is 2.84. The molecule has 0 aromatic heterocycles. The van der Waals surface area contributed by atoms with Gasteiger partial charge >= 0.3 is 0 Å². The van der Waals surface area contributed by atoms with Gasteiger partial charge in [0, 0.05) is 0 Å². The first-order valence-corrected chi connectivity index (χ1v) is 10.3. The van der Waals surface area contributed by atoms with E-state index in [0.717, 1.165) is 5.56 Å². The summed E-state index contributed by atoms with van der Waals surface area (Å²) in [6.45, 7) is -0.338. The van der Waals surface area contributed by atoms with Crippen molar-refractivity contribution < 1.29 is 23.8 Å². The number of benzene rings is 3. The lowest BCUT2D eigenvalue weighted by atomic mass is 10.2. The van der Waals surface area contributed by atoms with Gasteiger partial charge < -0.3 is 19.5 Å². The number of hydrogen-bond acceptors (Lipinski definition) is 6. The molecule has 3 aromatic rings. The van der Waals surface area contributed by atoms with Crippen LogP contribution in [0, 0.1) is 0 Å². The van der Waals surface area contributed by atoms with Gasteiger partial charge in [-0.25, -0.2) is 5.43 Å². The molecule has 2 N–H and O–H groups in total. The van der Waals surface area contributed by atoms with Crippen molar-refractivity contribution >= 4 is 35.3 Å². The van der Waals surface area contributed by atoms with E-state index in [1.165, 1.54) is 6.21 Å². The molecule has 8 nitrogen and oxygen atoms in total. The number of amides is 2. The molecule has 0 aliphatic rings. The smallest absolute Gasteiger partial charge is 0.277 e. The molecular weight excluding hydrogens is 446 g/mol. The first-order valence-electron chi connectivity index (χ1n) is 9.89. The summed E-state index contributed by atoms with van der Waals surface area (Å²) in [5.74, 6) is 1.04. The number of hydrogen-bond donors (Lipinski definition) is 2. The highest BCUT2D eigenvalue weighted by Gasteiger charge is 2.06. The van der Waals surface area contributed by atoms with Crippen LogP contribution in [0.5, 0.6) is 17.2 Å². The predicted molar refractivity (Wildman–Crippen MR) is 126 cm³/mol. The zero-order chi connectivity index (χ0) is 23.5. The summed E-state index contributed by atoms with van der Waals surface area (Å²) in [6.07, 6.45) is 1.49. The van der Waals surface area contributed by atoms with Gasteiger partial charge in [-0.05, 0) is 66.2 Å². The van der Waals surface area contributed by atoms with Crippen LogP contribution in [0.2, 0.25) is 5.02 Å². The van der Waals surface area contributed by atoms with Crippen LogP contribution in [0.1, 0.15) is 5.56 Å². The lowest BCUT2D eigenvalue weighted by molar-refractivity contribution is -0.123. The molecule has 0 saturated heterocycles. The van der Waals surface area contributed by atoms with Gasteiger partial charge in [0.25, 0.3) is 11.8 Å². The molecule has 0 heterocycles. The van der Waals surface area contributed by atoms with Crippen LogP contribution in [0.3, 0.4) is 0 Å². The molecule has 0 aliphatic carbocycles. The highest BCUT2D eigenvalue weighted by molar-refractivity contribution is 6.33. The molecule has 3 rings (SSSR count). The Morgan fingerprint density at radius 3 is 2.06 bits per heavy atom. The van der Waals surface area contributed by atoms with Crippen molar-refractivity contribution in [1.82, 2.24) is 5.43 Å². The van der Waals surface area contributed by atoms with Crippen LogP contribution in [0.25, 0.3) is 0 Å². The van der Waals surface area contributed by atoms with Crippen molar-refractivity contribution in [2.24, 2.45) is 5.10 Å². The second kappa shape index (κ2) is 12.1. The van der Waals surface area contributed by atoms with Crippen LogP contribution in [0.4, 0.5) is 5.69 Å². The number of para-hydroxylation sites is 1. The van der Waals surface area contributed by atoms with Gasteiger partial charge in [0.2, 0.25) is 0 Å². The summed E-state index contributed by atoms with van der Waals surface area (Å²) in [6, 6.07) is 20.7. The summed E-state index contributed by atoms with van der Waals surface area (Å²) in [5, 5.41) is 7.03. The number of carbonyl (C=O) groups excluding carboxylic acids is 2. The summed E-state index contributed by atoms with van der Waals surface area (Å²) >= 11 is 6.01. The van der Waals surface area contributed by atoms with Crippen LogP contribution >= 0.6 is 11.6 Å². The second-order valence-corrected chi connectivity index (χ2v) is 7.05. The summed E-state index contributed by atoms with van der Waals surface area (Å²) in [7, 11) is 1.57. The van der Waals surface area contributed by atoms with Crippen molar-refractivity contribution in [1.29, 1.82) is 0 Å². The fourth-order valence-electron chi connectivity index (χ4n) is 2.58. The predicted octanol–water partition coefficient (Wildman–Crippen LogP) is 3.90. The highest BCUT2D eigenvalue weighted by Crippen LogP contribution is 2.20. The topological polar surface area (TPSA) is 98.2 Å². The first kappa shape index (κ1) is 23.6. The van der Waals surface area contributed by atoms with E-state index >= 15 is 0 Å². The molecule has 0 atom stereocenters. The normalized spacial score (nSPS) is 10.5. The lowest BCUT2D eigenvalue weighted by Crippen LogP contribution is -2.24. The Hall–Kier alpha value is -4.04. The third-order valence-corrected chi connectivity index (χ3v) is 4.56. The first-order chi connectivity index (χ1) is 16.0. The zero-order valence-electron chi connectivity index (χ0n) is 17.8. The highest BCUT2D eigenvalue weighted by atomic mass is 35.5. The van der Waals surface area contributed by atoms with E-state index in [-0.39, 0.29) is 19.1 Å². The molecule has 33 heavy (non-hydrogen) atoms. The maximum absolute atomic E-state index is 12.0. The Kier molecular flexibility index (Phi) is 8.67. The Bertz CT molecular complexity index is 1100. The van der Waals surface area contributed by atoms with E-state index in [2.05, 4.69) is 15.8 Å². The Morgan fingerprint density at radius 1 is 0.848 bits per heavy atom. The Balaban J connectivity index is 1.38. The minimum Gasteiger partial charge on any atom is -0.497 e. The number of carbonyl (C=O) groups is 2. The van der Waals surface area contributed by atoms with E-state index in [9.17, 15) is 9.59 Å². The number of nitrogens with one attached hydrogen (secondary N) is 2. The number of methoxy groups -OCH3 is 1. The van der Waals surface area contributed by atoms with Crippen molar-refractivity contribution in [2.45, 2.75) is 0 Å². The Labute approximate surface area is 196 Å². The molecule has 0 fully saturated rings. The molecule has 0 radical (unpaired) electrons. The van der Waals surface area contributed by atoms with Crippen LogP contribution in [-0.2, 0) is 9.59 Å².